The summed E-state index contributed by atoms with van der Waals surface area (Å²) in [5, 5.41) is 8.91. The number of anilines is 2. The number of rotatable bonds is 9. The third-order valence-corrected chi connectivity index (χ3v) is 7.15. The highest BCUT2D eigenvalue weighted by atomic mass is 35.5. The highest BCUT2D eigenvalue weighted by Crippen LogP contribution is 2.40. The second kappa shape index (κ2) is 11.9. The van der Waals surface area contributed by atoms with E-state index in [1.54, 1.807) is 7.05 Å². The average molecular weight is 583 g/mol. The Morgan fingerprint density at radius 1 is 1.10 bits per heavy atom. The van der Waals surface area contributed by atoms with Crippen LogP contribution in [0.4, 0.5) is 28.9 Å². The van der Waals surface area contributed by atoms with E-state index in [1.165, 1.54) is 47.9 Å². The van der Waals surface area contributed by atoms with Crippen LogP contribution in [-0.2, 0) is 11.0 Å². The van der Waals surface area contributed by atoms with Crippen molar-refractivity contribution >= 4 is 52.1 Å². The Kier molecular flexibility index (Phi) is 9.23. The number of halogens is 5. The third kappa shape index (κ3) is 6.17. The maximum Gasteiger partial charge on any atom is 0.417 e. The average Bonchev–Trinajstić information content (AvgIpc) is 3.05. The zero-order valence-electron chi connectivity index (χ0n) is 21.6. The zero-order chi connectivity index (χ0) is 29.1. The normalized spacial score (nSPS) is 15.1. The summed E-state index contributed by atoms with van der Waals surface area (Å²) in [6, 6.07) is 8.17. The molecule has 6 nitrogen and oxygen atoms in total. The third-order valence-electron chi connectivity index (χ3n) is 6.52. The van der Waals surface area contributed by atoms with E-state index in [0.717, 1.165) is 42.7 Å². The number of amides is 2. The number of hydrogen-bond acceptors (Lipinski definition) is 4. The highest BCUT2D eigenvalue weighted by Gasteiger charge is 2.51. The van der Waals surface area contributed by atoms with Gasteiger partial charge in [-0.15, -0.1) is 11.6 Å². The first-order chi connectivity index (χ1) is 18.2. The fourth-order valence-corrected chi connectivity index (χ4v) is 5.09. The van der Waals surface area contributed by atoms with Crippen LogP contribution in [-0.4, -0.2) is 46.8 Å². The molecule has 208 valence electrons. The van der Waals surface area contributed by atoms with Crippen LogP contribution < -0.4 is 9.80 Å². The molecule has 0 unspecified atom stereocenters. The molecular formula is C27H27ClF4N4O2S. The molecule has 0 bridgehead atoms. The number of hydrogen-bond donors (Lipinski definition) is 0. The molecule has 2 aromatic carbocycles. The summed E-state index contributed by atoms with van der Waals surface area (Å²) in [4.78, 5) is 29.8. The second-order valence-corrected chi connectivity index (χ2v) is 10.4. The van der Waals surface area contributed by atoms with Crippen molar-refractivity contribution in [1.29, 1.82) is 5.26 Å². The summed E-state index contributed by atoms with van der Waals surface area (Å²) in [5.41, 5.74) is -3.36. The van der Waals surface area contributed by atoms with Crippen molar-refractivity contribution in [2.24, 2.45) is 0 Å². The number of nitriles is 1. The molecule has 2 amide bonds. The fourth-order valence-electron chi connectivity index (χ4n) is 4.38. The minimum absolute atomic E-state index is 0.156. The van der Waals surface area contributed by atoms with Gasteiger partial charge in [-0.3, -0.25) is 14.5 Å². The van der Waals surface area contributed by atoms with Gasteiger partial charge < -0.3 is 9.80 Å². The Morgan fingerprint density at radius 3 is 2.33 bits per heavy atom. The van der Waals surface area contributed by atoms with Crippen molar-refractivity contribution in [2.75, 3.05) is 29.3 Å². The molecule has 0 radical (unpaired) electrons. The first-order valence-electron chi connectivity index (χ1n) is 12.2. The highest BCUT2D eigenvalue weighted by molar-refractivity contribution is 7.81. The molecule has 1 heterocycles. The Bertz CT molecular complexity index is 1330. The maximum absolute atomic E-state index is 15.2. The lowest BCUT2D eigenvalue weighted by molar-refractivity contribution is -0.137. The van der Waals surface area contributed by atoms with Crippen molar-refractivity contribution in [3.8, 4) is 6.07 Å². The predicted octanol–water partition coefficient (Wildman–Crippen LogP) is 6.50. The number of unbranched alkanes of at least 4 members (excludes halogenated alkanes) is 3. The lowest BCUT2D eigenvalue weighted by atomic mass is 10.0. The molecule has 0 N–H and O–H groups in total. The smallest absolute Gasteiger partial charge is 0.342 e. The topological polar surface area (TPSA) is 67.7 Å². The van der Waals surface area contributed by atoms with E-state index in [1.807, 2.05) is 0 Å². The molecule has 3 rings (SSSR count). The number of carbonyl (C=O) groups is 2. The van der Waals surface area contributed by atoms with Gasteiger partial charge in [-0.2, -0.15) is 18.4 Å². The van der Waals surface area contributed by atoms with Gasteiger partial charge in [-0.05, 0) is 75.3 Å². The Balaban J connectivity index is 1.89. The van der Waals surface area contributed by atoms with E-state index in [0.29, 0.717) is 18.5 Å². The molecule has 0 atom stereocenters. The molecular weight excluding hydrogens is 556 g/mol. The largest absolute Gasteiger partial charge is 0.417 e. The second-order valence-electron chi connectivity index (χ2n) is 9.65. The predicted molar refractivity (Wildman–Crippen MR) is 145 cm³/mol. The van der Waals surface area contributed by atoms with E-state index in [2.05, 4.69) is 0 Å². The quantitative estimate of drug-likeness (QED) is 0.146. The van der Waals surface area contributed by atoms with Gasteiger partial charge in [0.25, 0.3) is 11.8 Å². The standard InChI is InChI=1S/C27H27ClF4N4O2S/c1-26(2)24(38)35(18-9-8-17(16-33)21(14-18)27(30,31)32)25(39)36(26)19-10-11-20(22(29)15-19)23(37)34(3)13-7-5-4-6-12-28/h8-11,14-15H,4-7,12-13H2,1-3H3. The summed E-state index contributed by atoms with van der Waals surface area (Å²) in [7, 11) is 1.58. The maximum atomic E-state index is 15.2. The van der Waals surface area contributed by atoms with Crippen molar-refractivity contribution < 1.29 is 27.2 Å². The van der Waals surface area contributed by atoms with Crippen molar-refractivity contribution in [2.45, 2.75) is 51.2 Å². The summed E-state index contributed by atoms with van der Waals surface area (Å²) in [6.07, 6.45) is -1.36. The van der Waals surface area contributed by atoms with Crippen LogP contribution in [0.1, 0.15) is 61.0 Å². The molecule has 2 aromatic rings. The van der Waals surface area contributed by atoms with E-state index in [-0.39, 0.29) is 22.1 Å². The summed E-state index contributed by atoms with van der Waals surface area (Å²) in [6.45, 7) is 3.45. The van der Waals surface area contributed by atoms with Crippen molar-refractivity contribution in [1.82, 2.24) is 4.90 Å². The van der Waals surface area contributed by atoms with Gasteiger partial charge in [0.05, 0.1) is 28.4 Å². The van der Waals surface area contributed by atoms with Gasteiger partial charge >= 0.3 is 6.18 Å². The van der Waals surface area contributed by atoms with Gasteiger partial charge in [0.2, 0.25) is 0 Å². The molecule has 1 aliphatic heterocycles. The number of nitrogens with zero attached hydrogens (tertiary/aromatic N) is 4. The summed E-state index contributed by atoms with van der Waals surface area (Å²) < 4.78 is 55.8. The fraction of sp³-hybridized carbons (Fsp3) is 0.407. The van der Waals surface area contributed by atoms with Crippen LogP contribution in [0.5, 0.6) is 0 Å². The molecule has 12 heteroatoms. The summed E-state index contributed by atoms with van der Waals surface area (Å²) >= 11 is 11.1. The van der Waals surface area contributed by atoms with Gasteiger partial charge in [-0.25, -0.2) is 4.39 Å². The minimum atomic E-state index is -4.83. The van der Waals surface area contributed by atoms with Gasteiger partial charge in [0, 0.05) is 25.2 Å². The monoisotopic (exact) mass is 582 g/mol. The van der Waals surface area contributed by atoms with Crippen LogP contribution in [0, 0.1) is 17.1 Å². The van der Waals surface area contributed by atoms with Crippen LogP contribution in [0.3, 0.4) is 0 Å². The Labute approximate surface area is 234 Å². The van der Waals surface area contributed by atoms with E-state index < -0.39 is 40.5 Å². The van der Waals surface area contributed by atoms with E-state index in [9.17, 15) is 22.8 Å². The first-order valence-corrected chi connectivity index (χ1v) is 13.1. The molecule has 0 aromatic heterocycles. The zero-order valence-corrected chi connectivity index (χ0v) is 23.2. The number of thiocarbonyl (C=S) groups is 1. The van der Waals surface area contributed by atoms with E-state index >= 15 is 4.39 Å². The van der Waals surface area contributed by atoms with Crippen LogP contribution in [0.15, 0.2) is 36.4 Å². The van der Waals surface area contributed by atoms with Gasteiger partial charge in [-0.1, -0.05) is 12.8 Å². The van der Waals surface area contributed by atoms with Crippen molar-refractivity contribution in [3.63, 3.8) is 0 Å². The molecule has 0 saturated carbocycles. The first kappa shape index (κ1) is 30.3. The number of alkyl halides is 4. The van der Waals surface area contributed by atoms with Gasteiger partial charge in [0.15, 0.2) is 5.11 Å². The Morgan fingerprint density at radius 2 is 1.74 bits per heavy atom. The minimum Gasteiger partial charge on any atom is -0.342 e. The molecule has 1 saturated heterocycles. The molecule has 1 aliphatic rings. The van der Waals surface area contributed by atoms with Crippen LogP contribution >= 0.6 is 23.8 Å². The summed E-state index contributed by atoms with van der Waals surface area (Å²) in [5.74, 6) is -1.39. The van der Waals surface area contributed by atoms with E-state index in [4.69, 9.17) is 29.1 Å². The molecule has 0 spiro atoms. The van der Waals surface area contributed by atoms with Crippen LogP contribution in [0.2, 0.25) is 0 Å². The Hall–Kier alpha value is -3.23. The van der Waals surface area contributed by atoms with Crippen molar-refractivity contribution in [3.05, 3.63) is 58.9 Å². The molecule has 39 heavy (non-hydrogen) atoms. The molecule has 0 aliphatic carbocycles. The van der Waals surface area contributed by atoms with Crippen LogP contribution in [0.25, 0.3) is 0 Å². The number of carbonyl (C=O) groups excluding carboxylic acids is 2. The lowest BCUT2D eigenvalue weighted by Crippen LogP contribution is -2.44. The van der Waals surface area contributed by atoms with Gasteiger partial charge in [0.1, 0.15) is 11.4 Å². The molecule has 1 fully saturated rings. The SMILES string of the molecule is CN(CCCCCCCl)C(=O)c1ccc(N2C(=S)N(c3ccc(C#N)c(C(F)(F)F)c3)C(=O)C2(C)C)cc1F. The number of benzene rings is 2. The lowest BCUT2D eigenvalue weighted by Gasteiger charge is -2.29.